The Kier molecular flexibility index (Phi) is 4.87. The highest BCUT2D eigenvalue weighted by molar-refractivity contribution is 5.74. The van der Waals surface area contributed by atoms with Gasteiger partial charge in [-0.3, -0.25) is 0 Å². The van der Waals surface area contributed by atoms with Gasteiger partial charge in [0.1, 0.15) is 0 Å². The lowest BCUT2D eigenvalue weighted by atomic mass is 9.97. The van der Waals surface area contributed by atoms with Gasteiger partial charge in [0.05, 0.1) is 0 Å². The normalized spacial score (nSPS) is 23.4. The number of carbonyl (C=O) groups excluding carboxylic acids is 1. The van der Waals surface area contributed by atoms with Crippen molar-refractivity contribution < 1.29 is 9.53 Å². The summed E-state index contributed by atoms with van der Waals surface area (Å²) in [7, 11) is 1.76. The van der Waals surface area contributed by atoms with Crippen LogP contribution in [0.15, 0.2) is 0 Å². The summed E-state index contributed by atoms with van der Waals surface area (Å²) in [5, 5.41) is 0. The van der Waals surface area contributed by atoms with Gasteiger partial charge in [0.2, 0.25) is 0 Å². The van der Waals surface area contributed by atoms with Crippen LogP contribution < -0.4 is 0 Å². The topological polar surface area (TPSA) is 32.8 Å². The summed E-state index contributed by atoms with van der Waals surface area (Å²) in [6.07, 6.45) is 4.49. The van der Waals surface area contributed by atoms with Gasteiger partial charge >= 0.3 is 6.03 Å². The van der Waals surface area contributed by atoms with E-state index in [2.05, 4.69) is 6.92 Å². The molecular formula is C14H26N2O2. The first kappa shape index (κ1) is 13.7. The van der Waals surface area contributed by atoms with E-state index < -0.39 is 0 Å². The number of nitrogens with zero attached hydrogens (tertiary/aromatic N) is 2. The summed E-state index contributed by atoms with van der Waals surface area (Å²) in [5.41, 5.74) is 0. The molecule has 2 aliphatic rings. The molecule has 0 N–H and O–H groups in total. The zero-order valence-electron chi connectivity index (χ0n) is 11.7. The molecule has 4 nitrogen and oxygen atoms in total. The predicted molar refractivity (Wildman–Crippen MR) is 71.5 cm³/mol. The van der Waals surface area contributed by atoms with Gasteiger partial charge in [0.15, 0.2) is 0 Å². The van der Waals surface area contributed by atoms with Crippen LogP contribution in [0.4, 0.5) is 4.79 Å². The Morgan fingerprint density at radius 3 is 2.06 bits per heavy atom. The molecule has 4 heteroatoms. The van der Waals surface area contributed by atoms with E-state index in [1.165, 1.54) is 0 Å². The van der Waals surface area contributed by atoms with E-state index in [4.69, 9.17) is 4.74 Å². The van der Waals surface area contributed by atoms with Crippen molar-refractivity contribution in [1.82, 2.24) is 9.80 Å². The minimum Gasteiger partial charge on any atom is -0.384 e. The van der Waals surface area contributed by atoms with Crippen LogP contribution in [-0.4, -0.2) is 55.7 Å². The molecule has 2 fully saturated rings. The van der Waals surface area contributed by atoms with Crippen LogP contribution in [0.5, 0.6) is 0 Å². The van der Waals surface area contributed by atoms with Gasteiger partial charge in [-0.15, -0.1) is 0 Å². The van der Waals surface area contributed by atoms with Crippen molar-refractivity contribution in [2.75, 3.05) is 39.9 Å². The molecule has 0 atom stereocenters. The Morgan fingerprint density at radius 2 is 1.56 bits per heavy atom. The van der Waals surface area contributed by atoms with Crippen molar-refractivity contribution >= 4 is 6.03 Å². The van der Waals surface area contributed by atoms with Crippen LogP contribution in [0.2, 0.25) is 0 Å². The molecule has 0 saturated carbocycles. The first-order chi connectivity index (χ1) is 8.70. The molecule has 2 aliphatic heterocycles. The van der Waals surface area contributed by atoms with Gasteiger partial charge in [0, 0.05) is 39.9 Å². The SMILES string of the molecule is COCC1CCN(C(=O)N2CCC(C)CC2)CC1. The smallest absolute Gasteiger partial charge is 0.319 e. The van der Waals surface area contributed by atoms with E-state index in [9.17, 15) is 4.79 Å². The fraction of sp³-hybridized carbons (Fsp3) is 0.929. The van der Waals surface area contributed by atoms with Gasteiger partial charge in [-0.2, -0.15) is 0 Å². The van der Waals surface area contributed by atoms with Crippen LogP contribution >= 0.6 is 0 Å². The Morgan fingerprint density at radius 1 is 1.06 bits per heavy atom. The lowest BCUT2D eigenvalue weighted by Gasteiger charge is -2.38. The summed E-state index contributed by atoms with van der Waals surface area (Å²) < 4.78 is 5.19. The number of hydrogen-bond acceptors (Lipinski definition) is 2. The standard InChI is InChI=1S/C14H26N2O2/c1-12-3-7-15(8-4-12)14(17)16-9-5-13(6-10-16)11-18-2/h12-13H,3-11H2,1-2H3. The second-order valence-corrected chi connectivity index (χ2v) is 5.84. The molecule has 2 rings (SSSR count). The summed E-state index contributed by atoms with van der Waals surface area (Å²) in [6.45, 7) is 6.80. The lowest BCUT2D eigenvalue weighted by molar-refractivity contribution is 0.0894. The molecule has 0 spiro atoms. The van der Waals surface area contributed by atoms with Crippen LogP contribution in [0.1, 0.15) is 32.6 Å². The van der Waals surface area contributed by atoms with E-state index in [1.54, 1.807) is 7.11 Å². The average molecular weight is 254 g/mol. The van der Waals surface area contributed by atoms with Crippen molar-refractivity contribution in [3.05, 3.63) is 0 Å². The number of urea groups is 1. The second-order valence-electron chi connectivity index (χ2n) is 5.84. The molecule has 0 aromatic rings. The Bertz CT molecular complexity index is 267. The number of methoxy groups -OCH3 is 1. The maximum atomic E-state index is 12.3. The number of ether oxygens (including phenoxy) is 1. The highest BCUT2D eigenvalue weighted by Crippen LogP contribution is 2.21. The van der Waals surface area contributed by atoms with E-state index in [1.807, 2.05) is 9.80 Å². The molecule has 2 heterocycles. The van der Waals surface area contributed by atoms with Gasteiger partial charge in [-0.1, -0.05) is 6.92 Å². The Labute approximate surface area is 110 Å². The van der Waals surface area contributed by atoms with Crippen molar-refractivity contribution in [3.63, 3.8) is 0 Å². The number of amides is 2. The quantitative estimate of drug-likeness (QED) is 0.757. The molecule has 104 valence electrons. The second kappa shape index (κ2) is 6.41. The molecule has 2 saturated heterocycles. The van der Waals surface area contributed by atoms with Crippen LogP contribution in [0.25, 0.3) is 0 Å². The number of hydrogen-bond donors (Lipinski definition) is 0. The third-order valence-electron chi connectivity index (χ3n) is 4.34. The Hall–Kier alpha value is -0.770. The number of carbonyl (C=O) groups is 1. The molecule has 0 bridgehead atoms. The molecule has 0 aromatic carbocycles. The van der Waals surface area contributed by atoms with E-state index in [0.29, 0.717) is 5.92 Å². The molecule has 0 aliphatic carbocycles. The van der Waals surface area contributed by atoms with E-state index in [-0.39, 0.29) is 6.03 Å². The van der Waals surface area contributed by atoms with Crippen LogP contribution in [-0.2, 0) is 4.74 Å². The highest BCUT2D eigenvalue weighted by Gasteiger charge is 2.28. The van der Waals surface area contributed by atoms with Crippen molar-refractivity contribution in [2.24, 2.45) is 11.8 Å². The molecule has 2 amide bonds. The van der Waals surface area contributed by atoms with Crippen LogP contribution in [0, 0.1) is 11.8 Å². The maximum Gasteiger partial charge on any atom is 0.319 e. The zero-order valence-corrected chi connectivity index (χ0v) is 11.7. The van der Waals surface area contributed by atoms with Crippen LogP contribution in [0.3, 0.4) is 0 Å². The fourth-order valence-electron chi connectivity index (χ4n) is 2.93. The average Bonchev–Trinajstić information content (AvgIpc) is 2.40. The number of likely N-dealkylation sites (tertiary alicyclic amines) is 2. The molecule has 18 heavy (non-hydrogen) atoms. The van der Waals surface area contributed by atoms with Gasteiger partial charge in [-0.25, -0.2) is 4.79 Å². The zero-order chi connectivity index (χ0) is 13.0. The minimum atomic E-state index is 0.262. The predicted octanol–water partition coefficient (Wildman–Crippen LogP) is 2.20. The monoisotopic (exact) mass is 254 g/mol. The lowest BCUT2D eigenvalue weighted by Crippen LogP contribution is -2.49. The maximum absolute atomic E-state index is 12.3. The molecule has 0 unspecified atom stereocenters. The van der Waals surface area contributed by atoms with Gasteiger partial charge < -0.3 is 14.5 Å². The minimum absolute atomic E-state index is 0.262. The first-order valence-corrected chi connectivity index (χ1v) is 7.23. The highest BCUT2D eigenvalue weighted by atomic mass is 16.5. The third-order valence-corrected chi connectivity index (χ3v) is 4.34. The largest absolute Gasteiger partial charge is 0.384 e. The fourth-order valence-corrected chi connectivity index (χ4v) is 2.93. The van der Waals surface area contributed by atoms with E-state index in [0.717, 1.165) is 64.4 Å². The summed E-state index contributed by atoms with van der Waals surface area (Å²) in [6, 6.07) is 0.262. The summed E-state index contributed by atoms with van der Waals surface area (Å²) in [4.78, 5) is 16.4. The van der Waals surface area contributed by atoms with Crippen molar-refractivity contribution in [3.8, 4) is 0 Å². The van der Waals surface area contributed by atoms with Gasteiger partial charge in [-0.05, 0) is 37.5 Å². The Balaban J connectivity index is 1.77. The van der Waals surface area contributed by atoms with Gasteiger partial charge in [0.25, 0.3) is 0 Å². The number of rotatable bonds is 2. The van der Waals surface area contributed by atoms with Crippen molar-refractivity contribution in [1.29, 1.82) is 0 Å². The third kappa shape index (κ3) is 3.37. The summed E-state index contributed by atoms with van der Waals surface area (Å²) >= 11 is 0. The first-order valence-electron chi connectivity index (χ1n) is 7.23. The summed E-state index contributed by atoms with van der Waals surface area (Å²) in [5.74, 6) is 1.42. The van der Waals surface area contributed by atoms with Crippen molar-refractivity contribution in [2.45, 2.75) is 32.6 Å². The molecule has 0 radical (unpaired) electrons. The van der Waals surface area contributed by atoms with E-state index >= 15 is 0 Å². The molecular weight excluding hydrogens is 228 g/mol. The molecule has 0 aromatic heterocycles. The number of piperidine rings is 2.